The molecule has 0 bridgehead atoms. The molecule has 88 valence electrons. The molecule has 2 aliphatic heterocycles. The molecule has 0 saturated carbocycles. The Morgan fingerprint density at radius 1 is 1.47 bits per heavy atom. The van der Waals surface area contributed by atoms with E-state index in [1.807, 2.05) is 0 Å². The lowest BCUT2D eigenvalue weighted by Crippen LogP contribution is -2.38. The molecule has 2 rings (SSSR count). The van der Waals surface area contributed by atoms with Crippen molar-refractivity contribution in [3.63, 3.8) is 0 Å². The van der Waals surface area contributed by atoms with Gasteiger partial charge in [-0.1, -0.05) is 6.92 Å². The molecule has 2 saturated heterocycles. The van der Waals surface area contributed by atoms with Gasteiger partial charge in [-0.05, 0) is 45.4 Å². The Morgan fingerprint density at radius 2 is 2.27 bits per heavy atom. The molecule has 15 heavy (non-hydrogen) atoms. The van der Waals surface area contributed by atoms with Crippen LogP contribution in [0.15, 0.2) is 0 Å². The largest absolute Gasteiger partial charge is 0.316 e. The van der Waals surface area contributed by atoms with Crippen molar-refractivity contribution in [1.29, 1.82) is 0 Å². The van der Waals surface area contributed by atoms with Gasteiger partial charge in [0, 0.05) is 25.7 Å². The van der Waals surface area contributed by atoms with Crippen LogP contribution in [0, 0.1) is 5.41 Å². The van der Waals surface area contributed by atoms with E-state index in [9.17, 15) is 0 Å². The summed E-state index contributed by atoms with van der Waals surface area (Å²) in [6.45, 7) is 8.68. The van der Waals surface area contributed by atoms with Crippen LogP contribution in [0.5, 0.6) is 0 Å². The van der Waals surface area contributed by atoms with E-state index >= 15 is 0 Å². The molecule has 2 heterocycles. The summed E-state index contributed by atoms with van der Waals surface area (Å²) in [5, 5.41) is 3.48. The molecule has 1 N–H and O–H groups in total. The average Bonchev–Trinajstić information content (AvgIpc) is 2.75. The number of hydrogen-bond donors (Lipinski definition) is 1. The highest BCUT2D eigenvalue weighted by Crippen LogP contribution is 2.27. The SMILES string of the molecule is CN(C)C1CCN(CC2(C)CCNC2)C1. The van der Waals surface area contributed by atoms with E-state index in [2.05, 4.69) is 36.1 Å². The number of hydrogen-bond acceptors (Lipinski definition) is 3. The van der Waals surface area contributed by atoms with Crippen LogP contribution in [-0.4, -0.2) is 62.7 Å². The first-order chi connectivity index (χ1) is 7.09. The molecule has 2 aliphatic rings. The second-order valence-electron chi connectivity index (χ2n) is 5.88. The molecule has 0 aromatic heterocycles. The van der Waals surface area contributed by atoms with E-state index < -0.39 is 0 Å². The highest BCUT2D eigenvalue weighted by Gasteiger charge is 2.33. The lowest BCUT2D eigenvalue weighted by molar-refractivity contribution is 0.194. The minimum atomic E-state index is 0.529. The van der Waals surface area contributed by atoms with Crippen LogP contribution in [0.2, 0.25) is 0 Å². The standard InChI is InChI=1S/C12H25N3/c1-12(5-6-13-9-12)10-15-7-4-11(8-15)14(2)3/h11,13H,4-10H2,1-3H3. The van der Waals surface area contributed by atoms with Gasteiger partial charge < -0.3 is 15.1 Å². The lowest BCUT2D eigenvalue weighted by Gasteiger charge is -2.29. The molecule has 0 radical (unpaired) electrons. The number of likely N-dealkylation sites (tertiary alicyclic amines) is 1. The summed E-state index contributed by atoms with van der Waals surface area (Å²) in [7, 11) is 4.40. The molecule has 3 heteroatoms. The molecule has 2 atom stereocenters. The minimum absolute atomic E-state index is 0.529. The van der Waals surface area contributed by atoms with Crippen molar-refractivity contribution in [3.8, 4) is 0 Å². The molecule has 0 aromatic carbocycles. The maximum Gasteiger partial charge on any atom is 0.0229 e. The van der Waals surface area contributed by atoms with E-state index in [1.165, 1.54) is 45.6 Å². The van der Waals surface area contributed by atoms with E-state index in [-0.39, 0.29) is 0 Å². The van der Waals surface area contributed by atoms with Crippen molar-refractivity contribution in [2.24, 2.45) is 5.41 Å². The summed E-state index contributed by atoms with van der Waals surface area (Å²) in [6, 6.07) is 0.781. The first-order valence-electron chi connectivity index (χ1n) is 6.19. The third-order valence-electron chi connectivity index (χ3n) is 4.04. The quantitative estimate of drug-likeness (QED) is 0.738. The van der Waals surface area contributed by atoms with Gasteiger partial charge >= 0.3 is 0 Å². The Bertz CT molecular complexity index is 209. The second-order valence-corrected chi connectivity index (χ2v) is 5.88. The maximum absolute atomic E-state index is 3.48. The van der Waals surface area contributed by atoms with Crippen molar-refractivity contribution < 1.29 is 0 Å². The molecule has 2 unspecified atom stereocenters. The van der Waals surface area contributed by atoms with Gasteiger partial charge in [0.1, 0.15) is 0 Å². The Kier molecular flexibility index (Phi) is 3.33. The zero-order chi connectivity index (χ0) is 10.9. The summed E-state index contributed by atoms with van der Waals surface area (Å²) in [5.41, 5.74) is 0.529. The van der Waals surface area contributed by atoms with Gasteiger partial charge in [-0.3, -0.25) is 0 Å². The summed E-state index contributed by atoms with van der Waals surface area (Å²) < 4.78 is 0. The van der Waals surface area contributed by atoms with Crippen molar-refractivity contribution in [2.45, 2.75) is 25.8 Å². The topological polar surface area (TPSA) is 18.5 Å². The van der Waals surface area contributed by atoms with Crippen molar-refractivity contribution in [2.75, 3.05) is 46.8 Å². The van der Waals surface area contributed by atoms with Gasteiger partial charge in [0.25, 0.3) is 0 Å². The highest BCUT2D eigenvalue weighted by atomic mass is 15.2. The van der Waals surface area contributed by atoms with Gasteiger partial charge in [0.05, 0.1) is 0 Å². The monoisotopic (exact) mass is 211 g/mol. The van der Waals surface area contributed by atoms with Gasteiger partial charge in [-0.15, -0.1) is 0 Å². The van der Waals surface area contributed by atoms with Gasteiger partial charge in [-0.25, -0.2) is 0 Å². The van der Waals surface area contributed by atoms with E-state index in [1.54, 1.807) is 0 Å². The third kappa shape index (κ3) is 2.71. The number of nitrogens with zero attached hydrogens (tertiary/aromatic N) is 2. The van der Waals surface area contributed by atoms with Crippen LogP contribution < -0.4 is 5.32 Å². The smallest absolute Gasteiger partial charge is 0.0229 e. The fourth-order valence-electron chi connectivity index (χ4n) is 2.92. The summed E-state index contributed by atoms with van der Waals surface area (Å²) in [6.07, 6.45) is 2.69. The van der Waals surface area contributed by atoms with Crippen LogP contribution >= 0.6 is 0 Å². The van der Waals surface area contributed by atoms with Gasteiger partial charge in [0.2, 0.25) is 0 Å². The molecule has 2 fully saturated rings. The molecule has 0 spiro atoms. The summed E-state index contributed by atoms with van der Waals surface area (Å²) in [5.74, 6) is 0. The minimum Gasteiger partial charge on any atom is -0.316 e. The Hall–Kier alpha value is -0.120. The first-order valence-corrected chi connectivity index (χ1v) is 6.19. The molecular formula is C12H25N3. The maximum atomic E-state index is 3.48. The predicted octanol–water partition coefficient (Wildman–Crippen LogP) is 0.622. The van der Waals surface area contributed by atoms with Crippen LogP contribution in [0.25, 0.3) is 0 Å². The zero-order valence-corrected chi connectivity index (χ0v) is 10.4. The number of likely N-dealkylation sites (N-methyl/N-ethyl adjacent to an activating group) is 1. The number of nitrogens with one attached hydrogen (secondary N) is 1. The summed E-state index contributed by atoms with van der Waals surface area (Å²) >= 11 is 0. The lowest BCUT2D eigenvalue weighted by atomic mass is 9.89. The average molecular weight is 211 g/mol. The van der Waals surface area contributed by atoms with Crippen LogP contribution in [0.4, 0.5) is 0 Å². The fourth-order valence-corrected chi connectivity index (χ4v) is 2.92. The Labute approximate surface area is 93.8 Å². The van der Waals surface area contributed by atoms with Gasteiger partial charge in [0.15, 0.2) is 0 Å². The second kappa shape index (κ2) is 4.40. The third-order valence-corrected chi connectivity index (χ3v) is 4.04. The molecule has 0 aromatic rings. The fraction of sp³-hybridized carbons (Fsp3) is 1.00. The predicted molar refractivity (Wildman–Crippen MR) is 64.1 cm³/mol. The van der Waals surface area contributed by atoms with Crippen molar-refractivity contribution in [3.05, 3.63) is 0 Å². The van der Waals surface area contributed by atoms with Crippen LogP contribution in [-0.2, 0) is 0 Å². The van der Waals surface area contributed by atoms with Crippen molar-refractivity contribution >= 4 is 0 Å². The van der Waals surface area contributed by atoms with Crippen LogP contribution in [0.1, 0.15) is 19.8 Å². The highest BCUT2D eigenvalue weighted by molar-refractivity contribution is 4.90. The molecule has 0 amide bonds. The zero-order valence-electron chi connectivity index (χ0n) is 10.4. The van der Waals surface area contributed by atoms with Crippen molar-refractivity contribution in [1.82, 2.24) is 15.1 Å². The molecule has 0 aliphatic carbocycles. The summed E-state index contributed by atoms with van der Waals surface area (Å²) in [4.78, 5) is 5.02. The van der Waals surface area contributed by atoms with E-state index in [0.717, 1.165) is 6.04 Å². The van der Waals surface area contributed by atoms with Crippen LogP contribution in [0.3, 0.4) is 0 Å². The Balaban J connectivity index is 1.81. The van der Waals surface area contributed by atoms with Gasteiger partial charge in [-0.2, -0.15) is 0 Å². The first kappa shape index (κ1) is 11.4. The normalized spacial score (nSPS) is 38.0. The molecular weight excluding hydrogens is 186 g/mol. The number of rotatable bonds is 3. The van der Waals surface area contributed by atoms with E-state index in [0.29, 0.717) is 5.41 Å². The van der Waals surface area contributed by atoms with E-state index in [4.69, 9.17) is 0 Å². The molecule has 3 nitrogen and oxygen atoms in total. The Morgan fingerprint density at radius 3 is 2.80 bits per heavy atom.